The van der Waals surface area contributed by atoms with Gasteiger partial charge in [-0.25, -0.2) is 0 Å². The van der Waals surface area contributed by atoms with Crippen molar-refractivity contribution in [1.29, 1.82) is 0 Å². The third-order valence-corrected chi connectivity index (χ3v) is 2.91. The Balaban J connectivity index is 2.66. The molecule has 5 nitrogen and oxygen atoms in total. The predicted octanol–water partition coefficient (Wildman–Crippen LogP) is 2.02. The molecule has 0 radical (unpaired) electrons. The Morgan fingerprint density at radius 1 is 1.21 bits per heavy atom. The Kier molecular flexibility index (Phi) is 7.97. The number of ether oxygens (including phenoxy) is 1. The molecule has 0 spiro atoms. The number of alkyl halides is 3. The third kappa shape index (κ3) is 7.28. The quantitative estimate of drug-likeness (QED) is 0.732. The molecule has 1 amide bonds. The van der Waals surface area contributed by atoms with Crippen LogP contribution in [0.1, 0.15) is 12.0 Å². The van der Waals surface area contributed by atoms with Crippen molar-refractivity contribution >= 4 is 18.0 Å². The first-order valence-corrected chi connectivity index (χ1v) is 7.18. The van der Waals surface area contributed by atoms with Crippen LogP contribution in [0.25, 0.3) is 6.08 Å². The molecular weight excluding hydrogens is 327 g/mol. The molecule has 0 aliphatic rings. The molecule has 0 unspecified atom stereocenters. The Morgan fingerprint density at radius 3 is 2.46 bits per heavy atom. The normalized spacial score (nSPS) is 11.5. The molecule has 1 rings (SSSR count). The van der Waals surface area contributed by atoms with Crippen molar-refractivity contribution in [3.8, 4) is 0 Å². The van der Waals surface area contributed by atoms with E-state index < -0.39 is 24.6 Å². The van der Waals surface area contributed by atoms with E-state index in [4.69, 9.17) is 5.11 Å². The van der Waals surface area contributed by atoms with Gasteiger partial charge < -0.3 is 14.7 Å². The average molecular weight is 345 g/mol. The van der Waals surface area contributed by atoms with E-state index in [2.05, 4.69) is 4.74 Å². The number of hydrogen-bond donors (Lipinski definition) is 1. The predicted molar refractivity (Wildman–Crippen MR) is 80.8 cm³/mol. The molecule has 0 fully saturated rings. The van der Waals surface area contributed by atoms with Crippen molar-refractivity contribution < 1.29 is 32.6 Å². The van der Waals surface area contributed by atoms with Gasteiger partial charge in [-0.2, -0.15) is 13.2 Å². The van der Waals surface area contributed by atoms with Crippen molar-refractivity contribution in [3.63, 3.8) is 0 Å². The van der Waals surface area contributed by atoms with Crippen molar-refractivity contribution in [2.45, 2.75) is 12.6 Å². The lowest BCUT2D eigenvalue weighted by molar-refractivity contribution is -0.185. The second kappa shape index (κ2) is 9.71. The molecule has 0 saturated heterocycles. The van der Waals surface area contributed by atoms with Crippen molar-refractivity contribution in [1.82, 2.24) is 4.90 Å². The first kappa shape index (κ1) is 19.7. The van der Waals surface area contributed by atoms with E-state index in [1.165, 1.54) is 6.08 Å². The summed E-state index contributed by atoms with van der Waals surface area (Å²) >= 11 is 0. The third-order valence-electron chi connectivity index (χ3n) is 2.91. The van der Waals surface area contributed by atoms with E-state index in [1.807, 2.05) is 0 Å². The number of carbonyl (C=O) groups is 2. The fourth-order valence-corrected chi connectivity index (χ4v) is 1.79. The number of amides is 1. The standard InChI is InChI=1S/C16H18F3NO4/c17-16(18,19)15(23)20(10-8-14(22)24-12-11-21)9-4-7-13-5-2-1-3-6-13/h1-7,21H,8-12H2/b7-4+. The Morgan fingerprint density at radius 2 is 1.88 bits per heavy atom. The number of rotatable bonds is 8. The largest absolute Gasteiger partial charge is 0.471 e. The van der Waals surface area contributed by atoms with Gasteiger partial charge in [-0.1, -0.05) is 42.5 Å². The minimum absolute atomic E-state index is 0.236. The van der Waals surface area contributed by atoms with Gasteiger partial charge in [0.25, 0.3) is 0 Å². The van der Waals surface area contributed by atoms with E-state index in [-0.39, 0.29) is 26.2 Å². The lowest BCUT2D eigenvalue weighted by atomic mass is 10.2. The van der Waals surface area contributed by atoms with Crippen LogP contribution < -0.4 is 0 Å². The molecule has 0 heterocycles. The van der Waals surface area contributed by atoms with Gasteiger partial charge in [0.2, 0.25) is 0 Å². The van der Waals surface area contributed by atoms with E-state index in [0.717, 1.165) is 5.56 Å². The van der Waals surface area contributed by atoms with Gasteiger partial charge in [0.15, 0.2) is 0 Å². The van der Waals surface area contributed by atoms with Gasteiger partial charge in [-0.15, -0.1) is 0 Å². The molecule has 1 aromatic rings. The van der Waals surface area contributed by atoms with Gasteiger partial charge in [-0.05, 0) is 5.56 Å². The van der Waals surface area contributed by atoms with Crippen LogP contribution in [0.15, 0.2) is 36.4 Å². The monoisotopic (exact) mass is 345 g/mol. The summed E-state index contributed by atoms with van der Waals surface area (Å²) in [6.07, 6.45) is -2.41. The fourth-order valence-electron chi connectivity index (χ4n) is 1.79. The van der Waals surface area contributed by atoms with Crippen LogP contribution in [0.3, 0.4) is 0 Å². The van der Waals surface area contributed by atoms with Gasteiger partial charge in [-0.3, -0.25) is 9.59 Å². The highest BCUT2D eigenvalue weighted by atomic mass is 19.4. The number of aliphatic hydroxyl groups is 1. The molecule has 0 aliphatic heterocycles. The first-order valence-electron chi connectivity index (χ1n) is 7.18. The zero-order chi connectivity index (χ0) is 18.0. The summed E-state index contributed by atoms with van der Waals surface area (Å²) in [5.41, 5.74) is 0.777. The summed E-state index contributed by atoms with van der Waals surface area (Å²) in [6, 6.07) is 8.87. The molecule has 8 heteroatoms. The number of halogens is 3. The topological polar surface area (TPSA) is 66.8 Å². The second-order valence-corrected chi connectivity index (χ2v) is 4.76. The van der Waals surface area contributed by atoms with Gasteiger partial charge in [0.05, 0.1) is 13.0 Å². The summed E-state index contributed by atoms with van der Waals surface area (Å²) in [6.45, 7) is -1.33. The van der Waals surface area contributed by atoms with Crippen LogP contribution >= 0.6 is 0 Å². The molecule has 0 bridgehead atoms. The maximum atomic E-state index is 12.6. The van der Waals surface area contributed by atoms with Gasteiger partial charge >= 0.3 is 18.1 Å². The number of nitrogens with zero attached hydrogens (tertiary/aromatic N) is 1. The molecule has 0 saturated carbocycles. The van der Waals surface area contributed by atoms with E-state index in [9.17, 15) is 22.8 Å². The highest BCUT2D eigenvalue weighted by Crippen LogP contribution is 2.19. The van der Waals surface area contributed by atoms with Crippen LogP contribution in [0.5, 0.6) is 0 Å². The summed E-state index contributed by atoms with van der Waals surface area (Å²) in [5, 5.41) is 8.51. The lowest BCUT2D eigenvalue weighted by Crippen LogP contribution is -2.42. The number of aliphatic hydroxyl groups excluding tert-OH is 1. The summed E-state index contributed by atoms with van der Waals surface area (Å²) in [7, 11) is 0. The molecule has 24 heavy (non-hydrogen) atoms. The molecule has 132 valence electrons. The molecule has 0 aromatic heterocycles. The molecule has 1 aromatic carbocycles. The summed E-state index contributed by atoms with van der Waals surface area (Å²) < 4.78 is 42.4. The van der Waals surface area contributed by atoms with Crippen molar-refractivity contribution in [2.24, 2.45) is 0 Å². The Bertz CT molecular complexity index is 558. The lowest BCUT2D eigenvalue weighted by Gasteiger charge is -2.22. The summed E-state index contributed by atoms with van der Waals surface area (Å²) in [4.78, 5) is 23.2. The van der Waals surface area contributed by atoms with Crippen LogP contribution in [0, 0.1) is 0 Å². The zero-order valence-electron chi connectivity index (χ0n) is 12.8. The van der Waals surface area contributed by atoms with E-state index in [0.29, 0.717) is 4.90 Å². The maximum absolute atomic E-state index is 12.6. The van der Waals surface area contributed by atoms with Crippen molar-refractivity contribution in [3.05, 3.63) is 42.0 Å². The number of hydrogen-bond acceptors (Lipinski definition) is 4. The second-order valence-electron chi connectivity index (χ2n) is 4.76. The maximum Gasteiger partial charge on any atom is 0.471 e. The highest BCUT2D eigenvalue weighted by molar-refractivity contribution is 5.82. The zero-order valence-corrected chi connectivity index (χ0v) is 12.8. The van der Waals surface area contributed by atoms with Crippen LogP contribution in [-0.2, 0) is 14.3 Å². The molecular formula is C16H18F3NO4. The first-order chi connectivity index (χ1) is 11.3. The van der Waals surface area contributed by atoms with E-state index in [1.54, 1.807) is 36.4 Å². The summed E-state index contributed by atoms with van der Waals surface area (Å²) in [5.74, 6) is -2.80. The Labute approximate surface area is 137 Å². The SMILES string of the molecule is O=C(CCN(C/C=C/c1ccccc1)C(=O)C(F)(F)F)OCCO. The van der Waals surface area contributed by atoms with Crippen molar-refractivity contribution in [2.75, 3.05) is 26.3 Å². The van der Waals surface area contributed by atoms with Crippen LogP contribution in [0.2, 0.25) is 0 Å². The number of carbonyl (C=O) groups excluding carboxylic acids is 2. The minimum Gasteiger partial charge on any atom is -0.463 e. The smallest absolute Gasteiger partial charge is 0.463 e. The number of benzene rings is 1. The van der Waals surface area contributed by atoms with Crippen LogP contribution in [-0.4, -0.2) is 54.4 Å². The Hall–Kier alpha value is -2.35. The number of esters is 1. The minimum atomic E-state index is -5.02. The molecule has 1 N–H and O–H groups in total. The average Bonchev–Trinajstić information content (AvgIpc) is 2.55. The fraction of sp³-hybridized carbons (Fsp3) is 0.375. The van der Waals surface area contributed by atoms with Crippen LogP contribution in [0.4, 0.5) is 13.2 Å². The van der Waals surface area contributed by atoms with Gasteiger partial charge in [0, 0.05) is 13.1 Å². The highest BCUT2D eigenvalue weighted by Gasteiger charge is 2.42. The molecule has 0 aliphatic carbocycles. The molecule has 0 atom stereocenters. The van der Waals surface area contributed by atoms with E-state index >= 15 is 0 Å². The van der Waals surface area contributed by atoms with Gasteiger partial charge in [0.1, 0.15) is 6.61 Å².